The van der Waals surface area contributed by atoms with Crippen molar-refractivity contribution < 1.29 is 19.2 Å². The Balaban J connectivity index is 1.92. The number of rotatable bonds is 19. The maximum Gasteiger partial charge on any atom is 0.513 e. The SMILES string of the molecule is CC/C=C\CCCC/C=C\CCCC/C=C\C/C=C\CCCOC(=O)Oc1ccc([N+](=O)[O-])cc1. The Bertz CT molecular complexity index is 809. The number of allylic oxidation sites excluding steroid dienone is 8. The Morgan fingerprint density at radius 2 is 1.26 bits per heavy atom. The zero-order valence-corrected chi connectivity index (χ0v) is 21.1. The number of unbranched alkanes of at least 4 members (excludes halogenated alkanes) is 7. The summed E-state index contributed by atoms with van der Waals surface area (Å²) in [5, 5.41) is 10.6. The van der Waals surface area contributed by atoms with E-state index in [1.165, 1.54) is 69.2 Å². The molecule has 6 nitrogen and oxygen atoms in total. The second kappa shape index (κ2) is 21.4. The number of nitrogens with zero attached hydrogens (tertiary/aromatic N) is 1. The standard InChI is InChI=1S/C29H41NO5/c1-2-3-4-5-6-7-8-9-10-11-12-13-14-15-16-17-18-19-20-21-26-34-29(31)35-28-24-22-27(23-25-28)30(32)33/h3-4,9-10,15-16,18-19,22-25H,2,5-8,11-14,17,20-21,26H2,1H3/b4-3-,10-9-,16-15-,19-18-. The van der Waals surface area contributed by atoms with Gasteiger partial charge in [-0.05, 0) is 89.2 Å². The highest BCUT2D eigenvalue weighted by atomic mass is 16.7. The molecule has 0 aliphatic rings. The van der Waals surface area contributed by atoms with Crippen LogP contribution < -0.4 is 4.74 Å². The Kier molecular flexibility index (Phi) is 18.3. The fourth-order valence-corrected chi connectivity index (χ4v) is 3.19. The molecule has 0 N–H and O–H groups in total. The maximum atomic E-state index is 11.6. The summed E-state index contributed by atoms with van der Waals surface area (Å²) in [4.78, 5) is 21.7. The number of non-ortho nitro benzene ring substituents is 1. The highest BCUT2D eigenvalue weighted by Gasteiger charge is 2.08. The fourth-order valence-electron chi connectivity index (χ4n) is 3.19. The third-order valence-corrected chi connectivity index (χ3v) is 5.14. The molecule has 0 fully saturated rings. The molecule has 0 aliphatic heterocycles. The molecule has 0 saturated heterocycles. The van der Waals surface area contributed by atoms with Crippen LogP contribution in [0.5, 0.6) is 5.75 Å². The molecule has 0 aliphatic carbocycles. The van der Waals surface area contributed by atoms with E-state index in [-0.39, 0.29) is 18.0 Å². The van der Waals surface area contributed by atoms with Gasteiger partial charge in [0.25, 0.3) is 5.69 Å². The summed E-state index contributed by atoms with van der Waals surface area (Å²) in [6, 6.07) is 5.28. The number of nitro benzene ring substituents is 1. The largest absolute Gasteiger partial charge is 0.513 e. The van der Waals surface area contributed by atoms with E-state index in [9.17, 15) is 14.9 Å². The molecule has 0 saturated carbocycles. The molecule has 0 atom stereocenters. The van der Waals surface area contributed by atoms with Crippen LogP contribution in [0, 0.1) is 10.1 Å². The normalized spacial score (nSPS) is 11.8. The third-order valence-electron chi connectivity index (χ3n) is 5.14. The van der Waals surface area contributed by atoms with Gasteiger partial charge < -0.3 is 9.47 Å². The predicted molar refractivity (Wildman–Crippen MR) is 143 cm³/mol. The van der Waals surface area contributed by atoms with Crippen LogP contribution in [-0.2, 0) is 4.74 Å². The van der Waals surface area contributed by atoms with Gasteiger partial charge in [-0.1, -0.05) is 55.5 Å². The summed E-state index contributed by atoms with van der Waals surface area (Å²) in [5.74, 6) is 0.213. The van der Waals surface area contributed by atoms with Crippen molar-refractivity contribution in [2.45, 2.75) is 84.0 Å². The molecule has 192 valence electrons. The third kappa shape index (κ3) is 17.9. The second-order valence-electron chi connectivity index (χ2n) is 8.19. The summed E-state index contributed by atoms with van der Waals surface area (Å²) in [6.07, 6.45) is 30.3. The van der Waals surface area contributed by atoms with Gasteiger partial charge in [0.2, 0.25) is 0 Å². The van der Waals surface area contributed by atoms with E-state index in [4.69, 9.17) is 9.47 Å². The summed E-state index contributed by atoms with van der Waals surface area (Å²) in [5.41, 5.74) is -0.0624. The lowest BCUT2D eigenvalue weighted by Crippen LogP contribution is -2.11. The average molecular weight is 484 g/mol. The van der Waals surface area contributed by atoms with Gasteiger partial charge in [-0.15, -0.1) is 0 Å². The molecule has 0 unspecified atom stereocenters. The highest BCUT2D eigenvalue weighted by molar-refractivity contribution is 5.63. The lowest BCUT2D eigenvalue weighted by atomic mass is 10.1. The quantitative estimate of drug-likeness (QED) is 0.0490. The maximum absolute atomic E-state index is 11.6. The van der Waals surface area contributed by atoms with Gasteiger partial charge in [-0.25, -0.2) is 4.79 Å². The van der Waals surface area contributed by atoms with Crippen LogP contribution in [0.15, 0.2) is 72.9 Å². The molecule has 6 heteroatoms. The molecule has 1 aromatic carbocycles. The molecule has 0 aromatic heterocycles. The van der Waals surface area contributed by atoms with E-state index in [1.807, 2.05) is 0 Å². The van der Waals surface area contributed by atoms with Crippen molar-refractivity contribution in [2.24, 2.45) is 0 Å². The van der Waals surface area contributed by atoms with Crippen LogP contribution in [-0.4, -0.2) is 17.7 Å². The van der Waals surface area contributed by atoms with Crippen LogP contribution in [0.4, 0.5) is 10.5 Å². The minimum absolute atomic E-state index is 0.0624. The summed E-state index contributed by atoms with van der Waals surface area (Å²) in [6.45, 7) is 2.43. The first-order valence-corrected chi connectivity index (χ1v) is 12.8. The first-order chi connectivity index (χ1) is 17.1. The fraction of sp³-hybridized carbons (Fsp3) is 0.483. The van der Waals surface area contributed by atoms with Crippen molar-refractivity contribution in [2.75, 3.05) is 6.61 Å². The number of ether oxygens (including phenoxy) is 2. The Morgan fingerprint density at radius 3 is 1.77 bits per heavy atom. The zero-order valence-electron chi connectivity index (χ0n) is 21.1. The summed E-state index contributed by atoms with van der Waals surface area (Å²) in [7, 11) is 0. The Morgan fingerprint density at radius 1 is 0.771 bits per heavy atom. The monoisotopic (exact) mass is 483 g/mol. The van der Waals surface area contributed by atoms with Gasteiger partial charge in [0.05, 0.1) is 11.5 Å². The Labute approximate surface area is 210 Å². The van der Waals surface area contributed by atoms with Crippen LogP contribution in [0.3, 0.4) is 0 Å². The van der Waals surface area contributed by atoms with Crippen LogP contribution >= 0.6 is 0 Å². The van der Waals surface area contributed by atoms with Gasteiger partial charge >= 0.3 is 6.16 Å². The van der Waals surface area contributed by atoms with Gasteiger partial charge in [-0.2, -0.15) is 0 Å². The summed E-state index contributed by atoms with van der Waals surface area (Å²) < 4.78 is 9.99. The topological polar surface area (TPSA) is 78.7 Å². The molecular weight excluding hydrogens is 442 g/mol. The molecule has 0 bridgehead atoms. The van der Waals surface area contributed by atoms with Crippen LogP contribution in [0.2, 0.25) is 0 Å². The van der Waals surface area contributed by atoms with E-state index in [0.717, 1.165) is 25.7 Å². The minimum atomic E-state index is -0.809. The molecule has 0 amide bonds. The van der Waals surface area contributed by atoms with Crippen molar-refractivity contribution in [1.29, 1.82) is 0 Å². The van der Waals surface area contributed by atoms with E-state index >= 15 is 0 Å². The number of carbonyl (C=O) groups excluding carboxylic acids is 1. The smallest absolute Gasteiger partial charge is 0.434 e. The number of benzene rings is 1. The van der Waals surface area contributed by atoms with E-state index < -0.39 is 11.1 Å². The van der Waals surface area contributed by atoms with E-state index in [2.05, 4.69) is 55.5 Å². The van der Waals surface area contributed by atoms with Crippen molar-refractivity contribution in [3.8, 4) is 5.75 Å². The molecular formula is C29H41NO5. The lowest BCUT2D eigenvalue weighted by Gasteiger charge is -2.04. The van der Waals surface area contributed by atoms with E-state index in [1.54, 1.807) is 0 Å². The van der Waals surface area contributed by atoms with Gasteiger partial charge in [0.1, 0.15) is 5.75 Å². The first kappa shape index (κ1) is 29.9. The molecule has 1 aromatic rings. The zero-order chi connectivity index (χ0) is 25.4. The minimum Gasteiger partial charge on any atom is -0.434 e. The summed E-state index contributed by atoms with van der Waals surface area (Å²) >= 11 is 0. The second-order valence-corrected chi connectivity index (χ2v) is 8.19. The number of nitro groups is 1. The molecule has 35 heavy (non-hydrogen) atoms. The van der Waals surface area contributed by atoms with Crippen molar-refractivity contribution in [3.05, 3.63) is 83.0 Å². The van der Waals surface area contributed by atoms with Gasteiger partial charge in [-0.3, -0.25) is 10.1 Å². The molecule has 0 spiro atoms. The Hall–Kier alpha value is -3.15. The lowest BCUT2D eigenvalue weighted by molar-refractivity contribution is -0.384. The number of hydrogen-bond donors (Lipinski definition) is 0. The average Bonchev–Trinajstić information content (AvgIpc) is 2.85. The van der Waals surface area contributed by atoms with Crippen LogP contribution in [0.25, 0.3) is 0 Å². The predicted octanol–water partition coefficient (Wildman–Crippen LogP) is 9.04. The highest BCUT2D eigenvalue weighted by Crippen LogP contribution is 2.17. The van der Waals surface area contributed by atoms with Crippen molar-refractivity contribution >= 4 is 11.8 Å². The molecule has 1 rings (SSSR count). The van der Waals surface area contributed by atoms with E-state index in [0.29, 0.717) is 6.42 Å². The van der Waals surface area contributed by atoms with Crippen molar-refractivity contribution in [1.82, 2.24) is 0 Å². The van der Waals surface area contributed by atoms with Gasteiger partial charge in [0.15, 0.2) is 0 Å². The van der Waals surface area contributed by atoms with Crippen molar-refractivity contribution in [3.63, 3.8) is 0 Å². The molecule has 0 radical (unpaired) electrons. The van der Waals surface area contributed by atoms with Gasteiger partial charge in [0, 0.05) is 12.1 Å². The number of carbonyl (C=O) groups is 1. The first-order valence-electron chi connectivity index (χ1n) is 12.8. The van der Waals surface area contributed by atoms with Crippen LogP contribution in [0.1, 0.15) is 84.0 Å². The number of hydrogen-bond acceptors (Lipinski definition) is 5. The molecule has 0 heterocycles.